The maximum atomic E-state index is 5.94. The molecule has 2 heteroatoms. The van der Waals surface area contributed by atoms with Gasteiger partial charge < -0.3 is 10.1 Å². The lowest BCUT2D eigenvalue weighted by molar-refractivity contribution is 0.00445. The number of ether oxygens (including phenoxy) is 1. The molecule has 0 aliphatic carbocycles. The van der Waals surface area contributed by atoms with E-state index in [1.807, 2.05) is 7.05 Å². The highest BCUT2D eigenvalue weighted by atomic mass is 16.5. The fourth-order valence-electron chi connectivity index (χ4n) is 2.47. The van der Waals surface area contributed by atoms with Crippen LogP contribution >= 0.6 is 0 Å². The van der Waals surface area contributed by atoms with Crippen LogP contribution in [0.25, 0.3) is 0 Å². The molecule has 102 valence electrons. The third-order valence-electron chi connectivity index (χ3n) is 3.64. The largest absolute Gasteiger partial charge is 0.376 e. The number of rotatable bonds is 6. The van der Waals surface area contributed by atoms with Crippen molar-refractivity contribution >= 4 is 0 Å². The maximum absolute atomic E-state index is 5.94. The summed E-state index contributed by atoms with van der Waals surface area (Å²) < 4.78 is 5.94. The standard InChI is InChI=1S/C16H27NO/c1-7-18-16(11(2)3)15(17-6)14-10-8-9-12(4)13(14)5/h8-11,15-17H,7H2,1-6H3. The molecule has 1 aromatic rings. The SMILES string of the molecule is CCOC(C(C)C)C(NC)c1cccc(C)c1C. The van der Waals surface area contributed by atoms with Crippen LogP contribution in [-0.4, -0.2) is 19.8 Å². The quantitative estimate of drug-likeness (QED) is 0.831. The van der Waals surface area contributed by atoms with Crippen LogP contribution < -0.4 is 5.32 Å². The lowest BCUT2D eigenvalue weighted by atomic mass is 9.89. The number of nitrogens with one attached hydrogen (secondary N) is 1. The number of aryl methyl sites for hydroxylation is 1. The highest BCUT2D eigenvalue weighted by Crippen LogP contribution is 2.28. The molecule has 0 heterocycles. The van der Waals surface area contributed by atoms with Crippen molar-refractivity contribution in [3.05, 3.63) is 34.9 Å². The average Bonchev–Trinajstić information content (AvgIpc) is 2.33. The van der Waals surface area contributed by atoms with Gasteiger partial charge in [0.25, 0.3) is 0 Å². The molecule has 0 aromatic heterocycles. The van der Waals surface area contributed by atoms with E-state index in [0.29, 0.717) is 5.92 Å². The molecular formula is C16H27NO. The topological polar surface area (TPSA) is 21.3 Å². The van der Waals surface area contributed by atoms with Crippen molar-refractivity contribution in [2.45, 2.75) is 46.8 Å². The summed E-state index contributed by atoms with van der Waals surface area (Å²) >= 11 is 0. The van der Waals surface area contributed by atoms with Crippen LogP contribution in [-0.2, 0) is 4.74 Å². The summed E-state index contributed by atoms with van der Waals surface area (Å²) in [5, 5.41) is 3.43. The van der Waals surface area contributed by atoms with Gasteiger partial charge in [0.05, 0.1) is 12.1 Å². The normalized spacial score (nSPS) is 14.8. The van der Waals surface area contributed by atoms with Crippen molar-refractivity contribution in [3.63, 3.8) is 0 Å². The van der Waals surface area contributed by atoms with E-state index in [-0.39, 0.29) is 12.1 Å². The predicted molar refractivity (Wildman–Crippen MR) is 78.0 cm³/mol. The van der Waals surface area contributed by atoms with Gasteiger partial charge in [-0.2, -0.15) is 0 Å². The van der Waals surface area contributed by atoms with Crippen molar-refractivity contribution in [2.24, 2.45) is 5.92 Å². The molecule has 18 heavy (non-hydrogen) atoms. The molecule has 0 spiro atoms. The summed E-state index contributed by atoms with van der Waals surface area (Å²) in [7, 11) is 2.01. The van der Waals surface area contributed by atoms with E-state index in [0.717, 1.165) is 6.61 Å². The highest BCUT2D eigenvalue weighted by Gasteiger charge is 2.26. The van der Waals surface area contributed by atoms with Crippen molar-refractivity contribution in [1.29, 1.82) is 0 Å². The maximum Gasteiger partial charge on any atom is 0.0792 e. The van der Waals surface area contributed by atoms with Crippen molar-refractivity contribution in [1.82, 2.24) is 5.32 Å². The fourth-order valence-corrected chi connectivity index (χ4v) is 2.47. The zero-order chi connectivity index (χ0) is 13.7. The monoisotopic (exact) mass is 249 g/mol. The molecular weight excluding hydrogens is 222 g/mol. The predicted octanol–water partition coefficient (Wildman–Crippen LogP) is 3.63. The van der Waals surface area contributed by atoms with E-state index < -0.39 is 0 Å². The molecule has 0 saturated heterocycles. The summed E-state index contributed by atoms with van der Waals surface area (Å²) in [5.41, 5.74) is 4.05. The Morgan fingerprint density at radius 3 is 2.39 bits per heavy atom. The summed E-state index contributed by atoms with van der Waals surface area (Å²) in [4.78, 5) is 0. The number of likely N-dealkylation sites (N-methyl/N-ethyl adjacent to an activating group) is 1. The zero-order valence-electron chi connectivity index (χ0n) is 12.6. The molecule has 0 aliphatic heterocycles. The van der Waals surface area contributed by atoms with Gasteiger partial charge in [-0.15, -0.1) is 0 Å². The lowest BCUT2D eigenvalue weighted by Crippen LogP contribution is -2.36. The van der Waals surface area contributed by atoms with Crippen molar-refractivity contribution in [3.8, 4) is 0 Å². The Labute approximate surface area is 112 Å². The number of hydrogen-bond donors (Lipinski definition) is 1. The number of hydrogen-bond acceptors (Lipinski definition) is 2. The molecule has 0 aliphatic rings. The highest BCUT2D eigenvalue weighted by molar-refractivity contribution is 5.36. The third kappa shape index (κ3) is 3.33. The van der Waals surface area contributed by atoms with Gasteiger partial charge in [0.1, 0.15) is 0 Å². The molecule has 1 N–H and O–H groups in total. The molecule has 0 radical (unpaired) electrons. The fraction of sp³-hybridized carbons (Fsp3) is 0.625. The minimum absolute atomic E-state index is 0.209. The van der Waals surface area contributed by atoms with Crippen LogP contribution in [0, 0.1) is 19.8 Å². The Morgan fingerprint density at radius 2 is 1.89 bits per heavy atom. The summed E-state index contributed by atoms with van der Waals surface area (Å²) in [6.07, 6.45) is 0.209. The first-order valence-corrected chi connectivity index (χ1v) is 6.87. The van der Waals surface area contributed by atoms with Crippen LogP contribution in [0.5, 0.6) is 0 Å². The molecule has 0 fully saturated rings. The Hall–Kier alpha value is -0.860. The smallest absolute Gasteiger partial charge is 0.0792 e. The van der Waals surface area contributed by atoms with Crippen LogP contribution in [0.15, 0.2) is 18.2 Å². The van der Waals surface area contributed by atoms with Gasteiger partial charge in [0.15, 0.2) is 0 Å². The number of benzene rings is 1. The van der Waals surface area contributed by atoms with E-state index in [1.54, 1.807) is 0 Å². The molecule has 0 saturated carbocycles. The minimum atomic E-state index is 0.209. The Kier molecular flexibility index (Phi) is 5.83. The Morgan fingerprint density at radius 1 is 1.22 bits per heavy atom. The summed E-state index contributed by atoms with van der Waals surface area (Å²) in [5.74, 6) is 0.488. The van der Waals surface area contributed by atoms with Gasteiger partial charge >= 0.3 is 0 Å². The van der Waals surface area contributed by atoms with E-state index >= 15 is 0 Å². The van der Waals surface area contributed by atoms with Gasteiger partial charge in [-0.25, -0.2) is 0 Å². The first kappa shape index (κ1) is 15.2. The summed E-state index contributed by atoms with van der Waals surface area (Å²) in [6.45, 7) is 11.6. The van der Waals surface area contributed by atoms with Gasteiger partial charge in [-0.1, -0.05) is 32.0 Å². The van der Waals surface area contributed by atoms with Gasteiger partial charge in [0, 0.05) is 6.61 Å². The molecule has 0 bridgehead atoms. The Bertz CT molecular complexity index is 373. The molecule has 2 nitrogen and oxygen atoms in total. The van der Waals surface area contributed by atoms with Crippen LogP contribution in [0.2, 0.25) is 0 Å². The Balaban J connectivity index is 3.10. The van der Waals surface area contributed by atoms with E-state index in [4.69, 9.17) is 4.74 Å². The molecule has 1 aromatic carbocycles. The first-order valence-electron chi connectivity index (χ1n) is 6.87. The molecule has 2 unspecified atom stereocenters. The molecule has 0 amide bonds. The molecule has 2 atom stereocenters. The second-order valence-corrected chi connectivity index (χ2v) is 5.22. The van der Waals surface area contributed by atoms with E-state index in [9.17, 15) is 0 Å². The van der Waals surface area contributed by atoms with E-state index in [2.05, 4.69) is 58.1 Å². The van der Waals surface area contributed by atoms with Crippen LogP contribution in [0.4, 0.5) is 0 Å². The van der Waals surface area contributed by atoms with E-state index in [1.165, 1.54) is 16.7 Å². The third-order valence-corrected chi connectivity index (χ3v) is 3.64. The second kappa shape index (κ2) is 6.91. The van der Waals surface area contributed by atoms with Crippen molar-refractivity contribution in [2.75, 3.05) is 13.7 Å². The average molecular weight is 249 g/mol. The molecule has 1 rings (SSSR count). The zero-order valence-corrected chi connectivity index (χ0v) is 12.6. The first-order chi connectivity index (χ1) is 8.52. The second-order valence-electron chi connectivity index (χ2n) is 5.22. The van der Waals surface area contributed by atoms with Gasteiger partial charge in [0.2, 0.25) is 0 Å². The van der Waals surface area contributed by atoms with Crippen molar-refractivity contribution < 1.29 is 4.74 Å². The van der Waals surface area contributed by atoms with Gasteiger partial charge in [-0.05, 0) is 50.4 Å². The summed E-state index contributed by atoms with van der Waals surface area (Å²) in [6, 6.07) is 6.75. The van der Waals surface area contributed by atoms with Crippen LogP contribution in [0.1, 0.15) is 43.5 Å². The minimum Gasteiger partial charge on any atom is -0.376 e. The van der Waals surface area contributed by atoms with Gasteiger partial charge in [-0.3, -0.25) is 0 Å². The van der Waals surface area contributed by atoms with Crippen LogP contribution in [0.3, 0.4) is 0 Å². The lowest BCUT2D eigenvalue weighted by Gasteiger charge is -2.31.